The molecule has 0 unspecified atom stereocenters. The van der Waals surface area contributed by atoms with E-state index in [4.69, 9.17) is 18.0 Å². The maximum atomic E-state index is 10.8. The second-order valence-corrected chi connectivity index (χ2v) is 2.47. The number of carbonyl (C=O) groups excluding carboxylic acids is 1. The van der Waals surface area contributed by atoms with Crippen LogP contribution in [0.25, 0.3) is 0 Å². The molecule has 1 amide bonds. The Bertz CT molecular complexity index is 151. The minimum Gasteiger partial charge on any atom is -0.356 e. The van der Waals surface area contributed by atoms with Crippen molar-refractivity contribution in [2.24, 2.45) is 0 Å². The molecule has 3 heteroatoms. The fourth-order valence-electron chi connectivity index (χ4n) is 0.592. The number of unbranched alkanes of at least 4 members (excludes halogenated alkanes) is 1. The van der Waals surface area contributed by atoms with Crippen molar-refractivity contribution in [3.63, 3.8) is 0 Å². The molecule has 2 nitrogen and oxygen atoms in total. The highest BCUT2D eigenvalue weighted by Gasteiger charge is 1.96. The van der Waals surface area contributed by atoms with Crippen molar-refractivity contribution in [1.29, 1.82) is 0 Å². The van der Waals surface area contributed by atoms with Crippen molar-refractivity contribution in [2.75, 3.05) is 12.4 Å². The zero-order chi connectivity index (χ0) is 8.53. The van der Waals surface area contributed by atoms with E-state index in [1.165, 1.54) is 0 Å². The van der Waals surface area contributed by atoms with Gasteiger partial charge in [-0.3, -0.25) is 4.79 Å². The van der Waals surface area contributed by atoms with E-state index in [0.717, 1.165) is 6.42 Å². The molecule has 0 spiro atoms. The maximum Gasteiger partial charge on any atom is 0.221 e. The monoisotopic (exact) mass is 173 g/mol. The SMILES string of the molecule is C#CCCCNC(=O)CCCl. The molecule has 0 bridgehead atoms. The minimum atomic E-state index is -0.00276. The predicted octanol–water partition coefficient (Wildman–Crippen LogP) is 1.14. The number of halogens is 1. The van der Waals surface area contributed by atoms with Crippen LogP contribution in [0, 0.1) is 12.3 Å². The summed E-state index contributed by atoms with van der Waals surface area (Å²) in [5.74, 6) is 2.87. The second-order valence-electron chi connectivity index (χ2n) is 2.10. The third-order valence-corrected chi connectivity index (χ3v) is 1.33. The summed E-state index contributed by atoms with van der Waals surface area (Å²) in [6.45, 7) is 0.653. The summed E-state index contributed by atoms with van der Waals surface area (Å²) in [7, 11) is 0. The molecule has 0 aliphatic heterocycles. The largest absolute Gasteiger partial charge is 0.356 e. The van der Waals surface area contributed by atoms with Gasteiger partial charge < -0.3 is 5.32 Å². The summed E-state index contributed by atoms with van der Waals surface area (Å²) in [6, 6.07) is 0. The average molecular weight is 174 g/mol. The Labute approximate surface area is 72.3 Å². The summed E-state index contributed by atoms with van der Waals surface area (Å²) in [5.41, 5.74) is 0. The van der Waals surface area contributed by atoms with Gasteiger partial charge in [-0.05, 0) is 6.42 Å². The smallest absolute Gasteiger partial charge is 0.221 e. The molecule has 62 valence electrons. The summed E-state index contributed by atoms with van der Waals surface area (Å²) in [6.07, 6.45) is 6.95. The first-order chi connectivity index (χ1) is 5.31. The zero-order valence-electron chi connectivity index (χ0n) is 6.40. The van der Waals surface area contributed by atoms with Crippen molar-refractivity contribution < 1.29 is 4.79 Å². The molecule has 0 aliphatic rings. The molecule has 0 fully saturated rings. The lowest BCUT2D eigenvalue weighted by Crippen LogP contribution is -2.24. The van der Waals surface area contributed by atoms with E-state index in [0.29, 0.717) is 25.3 Å². The van der Waals surface area contributed by atoms with Crippen molar-refractivity contribution in [3.05, 3.63) is 0 Å². The Hall–Kier alpha value is -0.680. The molecule has 0 atom stereocenters. The molecule has 11 heavy (non-hydrogen) atoms. The van der Waals surface area contributed by atoms with Gasteiger partial charge in [0, 0.05) is 25.3 Å². The van der Waals surface area contributed by atoms with Crippen LogP contribution in [0.1, 0.15) is 19.3 Å². The summed E-state index contributed by atoms with van der Waals surface area (Å²) in [4.78, 5) is 10.8. The minimum absolute atomic E-state index is 0.00276. The second kappa shape index (κ2) is 7.43. The Balaban J connectivity index is 3.12. The van der Waals surface area contributed by atoms with Gasteiger partial charge in [-0.2, -0.15) is 0 Å². The third kappa shape index (κ3) is 7.21. The third-order valence-electron chi connectivity index (χ3n) is 1.14. The van der Waals surface area contributed by atoms with E-state index in [1.54, 1.807) is 0 Å². The fraction of sp³-hybridized carbons (Fsp3) is 0.625. The molecule has 0 saturated heterocycles. The molecule has 0 aromatic rings. The number of amides is 1. The Kier molecular flexibility index (Phi) is 6.97. The molecule has 0 aromatic heterocycles. The van der Waals surface area contributed by atoms with Crippen molar-refractivity contribution in [1.82, 2.24) is 5.32 Å². The highest BCUT2D eigenvalue weighted by atomic mass is 35.5. The van der Waals surface area contributed by atoms with Gasteiger partial charge in [0.15, 0.2) is 0 Å². The fourth-order valence-corrected chi connectivity index (χ4v) is 0.764. The molecule has 0 aromatic carbocycles. The molecular formula is C8H12ClNO. The molecule has 0 rings (SSSR count). The lowest BCUT2D eigenvalue weighted by Gasteiger charge is -2.00. The predicted molar refractivity (Wildman–Crippen MR) is 46.4 cm³/mol. The van der Waals surface area contributed by atoms with Crippen LogP contribution in [-0.4, -0.2) is 18.3 Å². The van der Waals surface area contributed by atoms with Crippen LogP contribution in [0.3, 0.4) is 0 Å². The van der Waals surface area contributed by atoms with Crippen LogP contribution in [0.2, 0.25) is 0 Å². The molecule has 0 aliphatic carbocycles. The molecule has 0 heterocycles. The maximum absolute atomic E-state index is 10.8. The summed E-state index contributed by atoms with van der Waals surface area (Å²) < 4.78 is 0. The van der Waals surface area contributed by atoms with E-state index in [1.807, 2.05) is 0 Å². The van der Waals surface area contributed by atoms with Gasteiger partial charge in [-0.25, -0.2) is 0 Å². The Morgan fingerprint density at radius 1 is 1.64 bits per heavy atom. The average Bonchev–Trinajstić information content (AvgIpc) is 1.99. The van der Waals surface area contributed by atoms with Crippen LogP contribution in [0.4, 0.5) is 0 Å². The van der Waals surface area contributed by atoms with Crippen LogP contribution < -0.4 is 5.32 Å². The van der Waals surface area contributed by atoms with E-state index >= 15 is 0 Å². The van der Waals surface area contributed by atoms with Gasteiger partial charge in [-0.1, -0.05) is 0 Å². The van der Waals surface area contributed by atoms with Crippen LogP contribution >= 0.6 is 11.6 Å². The van der Waals surface area contributed by atoms with E-state index in [2.05, 4.69) is 11.2 Å². The number of nitrogens with one attached hydrogen (secondary N) is 1. The molecule has 0 saturated carbocycles. The number of hydrogen-bond donors (Lipinski definition) is 1. The van der Waals surface area contributed by atoms with Gasteiger partial charge >= 0.3 is 0 Å². The van der Waals surface area contributed by atoms with Gasteiger partial charge in [-0.15, -0.1) is 23.9 Å². The summed E-state index contributed by atoms with van der Waals surface area (Å²) >= 11 is 5.34. The number of alkyl halides is 1. The van der Waals surface area contributed by atoms with E-state index < -0.39 is 0 Å². The van der Waals surface area contributed by atoms with Gasteiger partial charge in [0.2, 0.25) is 5.91 Å². The molecular weight excluding hydrogens is 162 g/mol. The number of terminal acetylenes is 1. The lowest BCUT2D eigenvalue weighted by atomic mass is 10.3. The van der Waals surface area contributed by atoms with Gasteiger partial charge in [0.05, 0.1) is 0 Å². The zero-order valence-corrected chi connectivity index (χ0v) is 7.16. The first-order valence-electron chi connectivity index (χ1n) is 3.57. The lowest BCUT2D eigenvalue weighted by molar-refractivity contribution is -0.120. The molecule has 1 N–H and O–H groups in total. The van der Waals surface area contributed by atoms with E-state index in [-0.39, 0.29) is 5.91 Å². The topological polar surface area (TPSA) is 29.1 Å². The summed E-state index contributed by atoms with van der Waals surface area (Å²) in [5, 5.41) is 2.70. The van der Waals surface area contributed by atoms with Crippen LogP contribution in [-0.2, 0) is 4.79 Å². The van der Waals surface area contributed by atoms with E-state index in [9.17, 15) is 4.79 Å². The highest BCUT2D eigenvalue weighted by molar-refractivity contribution is 6.18. The standard InChI is InChI=1S/C8H12ClNO/c1-2-3-4-7-10-8(11)5-6-9/h1H,3-7H2,(H,10,11). The first-order valence-corrected chi connectivity index (χ1v) is 4.11. The van der Waals surface area contributed by atoms with Crippen LogP contribution in [0.15, 0.2) is 0 Å². The van der Waals surface area contributed by atoms with Crippen molar-refractivity contribution in [2.45, 2.75) is 19.3 Å². The Morgan fingerprint density at radius 3 is 2.91 bits per heavy atom. The van der Waals surface area contributed by atoms with Crippen molar-refractivity contribution >= 4 is 17.5 Å². The highest BCUT2D eigenvalue weighted by Crippen LogP contribution is 1.86. The Morgan fingerprint density at radius 2 is 2.36 bits per heavy atom. The van der Waals surface area contributed by atoms with Crippen LogP contribution in [0.5, 0.6) is 0 Å². The number of hydrogen-bond acceptors (Lipinski definition) is 1. The number of carbonyl (C=O) groups is 1. The first kappa shape index (κ1) is 10.3. The van der Waals surface area contributed by atoms with Gasteiger partial charge in [0.1, 0.15) is 0 Å². The molecule has 0 radical (unpaired) electrons. The van der Waals surface area contributed by atoms with Crippen molar-refractivity contribution in [3.8, 4) is 12.3 Å². The number of rotatable bonds is 5. The van der Waals surface area contributed by atoms with Gasteiger partial charge in [0.25, 0.3) is 0 Å². The quantitative estimate of drug-likeness (QED) is 0.377. The normalized spacial score (nSPS) is 8.73.